The third-order valence-corrected chi connectivity index (χ3v) is 9.52. The smallest absolute Gasteiger partial charge is 0.145 e. The average Bonchev–Trinajstić information content (AvgIpc) is 3.62. The number of aromatic nitrogens is 2. The van der Waals surface area contributed by atoms with Gasteiger partial charge >= 0.3 is 0 Å². The minimum Gasteiger partial charge on any atom is -0.292 e. The zero-order valence-electron chi connectivity index (χ0n) is 22.7. The van der Waals surface area contributed by atoms with Crippen molar-refractivity contribution in [2.45, 2.75) is 0 Å². The van der Waals surface area contributed by atoms with E-state index in [9.17, 15) is 0 Å². The van der Waals surface area contributed by atoms with Gasteiger partial charge in [0.05, 0.1) is 16.7 Å². The van der Waals surface area contributed by atoms with E-state index in [0.717, 1.165) is 28.1 Å². The second-order valence-electron chi connectivity index (χ2n) is 10.8. The average molecular weight is 553 g/mol. The third kappa shape index (κ3) is 3.54. The van der Waals surface area contributed by atoms with Crippen molar-refractivity contribution >= 4 is 64.1 Å². The molecule has 0 saturated heterocycles. The third-order valence-electron chi connectivity index (χ3n) is 8.38. The van der Waals surface area contributed by atoms with E-state index in [1.807, 2.05) is 11.3 Å². The Morgan fingerprint density at radius 1 is 0.476 bits per heavy atom. The number of hydrogen-bond donors (Lipinski definition) is 0. The summed E-state index contributed by atoms with van der Waals surface area (Å²) in [6.45, 7) is 0. The first-order chi connectivity index (χ1) is 20.8. The first-order valence-electron chi connectivity index (χ1n) is 14.2. The van der Waals surface area contributed by atoms with Crippen LogP contribution in [-0.2, 0) is 0 Å². The summed E-state index contributed by atoms with van der Waals surface area (Å²) < 4.78 is 4.93. The zero-order valence-corrected chi connectivity index (χ0v) is 23.5. The van der Waals surface area contributed by atoms with Crippen LogP contribution in [0.3, 0.4) is 0 Å². The van der Waals surface area contributed by atoms with Crippen LogP contribution in [0.4, 0.5) is 0 Å². The first kappa shape index (κ1) is 23.5. The van der Waals surface area contributed by atoms with Crippen molar-refractivity contribution in [3.8, 4) is 28.2 Å². The molecule has 0 aliphatic rings. The Hall–Kier alpha value is -5.25. The monoisotopic (exact) mass is 552 g/mol. The Morgan fingerprint density at radius 2 is 1.24 bits per heavy atom. The molecule has 0 atom stereocenters. The van der Waals surface area contributed by atoms with Crippen molar-refractivity contribution in [2.75, 3.05) is 0 Å². The van der Waals surface area contributed by atoms with E-state index in [4.69, 9.17) is 4.98 Å². The van der Waals surface area contributed by atoms with Crippen LogP contribution >= 0.6 is 11.3 Å². The van der Waals surface area contributed by atoms with Crippen LogP contribution in [0.15, 0.2) is 146 Å². The molecule has 2 nitrogen and oxygen atoms in total. The van der Waals surface area contributed by atoms with Gasteiger partial charge in [-0.05, 0) is 75.6 Å². The van der Waals surface area contributed by atoms with Gasteiger partial charge in [0, 0.05) is 31.3 Å². The number of rotatable bonds is 3. The lowest BCUT2D eigenvalue weighted by atomic mass is 9.99. The summed E-state index contributed by atoms with van der Waals surface area (Å²) in [7, 11) is 0. The van der Waals surface area contributed by atoms with Crippen LogP contribution in [0.25, 0.3) is 81.0 Å². The first-order valence-corrected chi connectivity index (χ1v) is 15.0. The van der Waals surface area contributed by atoms with E-state index in [2.05, 4.69) is 150 Å². The van der Waals surface area contributed by atoms with Gasteiger partial charge in [-0.25, -0.2) is 4.98 Å². The number of benzene rings is 7. The molecule has 0 amide bonds. The lowest BCUT2D eigenvalue weighted by molar-refractivity contribution is 1.10. The van der Waals surface area contributed by atoms with Gasteiger partial charge < -0.3 is 0 Å². The maximum atomic E-state index is 5.22. The molecule has 2 aromatic heterocycles. The summed E-state index contributed by atoms with van der Waals surface area (Å²) in [5.74, 6) is 0.951. The lowest BCUT2D eigenvalue weighted by Crippen LogP contribution is -2.00. The molecule has 42 heavy (non-hydrogen) atoms. The Morgan fingerprint density at radius 3 is 2.19 bits per heavy atom. The molecule has 0 aliphatic heterocycles. The molecule has 2 heterocycles. The Bertz CT molecular complexity index is 2470. The van der Waals surface area contributed by atoms with Gasteiger partial charge in [-0.15, -0.1) is 11.3 Å². The van der Waals surface area contributed by atoms with Crippen LogP contribution in [0.1, 0.15) is 0 Å². The molecule has 9 aromatic rings. The molecular formula is C39H24N2S. The fourth-order valence-corrected chi connectivity index (χ4v) is 7.52. The minimum atomic E-state index is 0.951. The predicted molar refractivity (Wildman–Crippen MR) is 180 cm³/mol. The van der Waals surface area contributed by atoms with Gasteiger partial charge in [0.25, 0.3) is 0 Å². The largest absolute Gasteiger partial charge is 0.292 e. The van der Waals surface area contributed by atoms with Crippen LogP contribution in [0, 0.1) is 0 Å². The number of para-hydroxylation sites is 3. The molecule has 0 bridgehead atoms. The minimum absolute atomic E-state index is 0.951. The summed E-state index contributed by atoms with van der Waals surface area (Å²) >= 11 is 1.87. The highest BCUT2D eigenvalue weighted by Crippen LogP contribution is 2.41. The van der Waals surface area contributed by atoms with E-state index >= 15 is 0 Å². The molecule has 3 heteroatoms. The predicted octanol–water partition coefficient (Wildman–Crippen LogP) is 11.0. The maximum absolute atomic E-state index is 5.22. The fraction of sp³-hybridized carbons (Fsp3) is 0. The summed E-state index contributed by atoms with van der Waals surface area (Å²) in [6.07, 6.45) is 0. The fourth-order valence-electron chi connectivity index (χ4n) is 6.41. The summed E-state index contributed by atoms with van der Waals surface area (Å²) in [6, 6.07) is 52.4. The number of thiophene rings is 1. The van der Waals surface area contributed by atoms with Crippen LogP contribution < -0.4 is 0 Å². The molecule has 0 spiro atoms. The van der Waals surface area contributed by atoms with Crippen LogP contribution in [-0.4, -0.2) is 9.55 Å². The van der Waals surface area contributed by atoms with Gasteiger partial charge in [-0.3, -0.25) is 4.57 Å². The van der Waals surface area contributed by atoms with Crippen LogP contribution in [0.2, 0.25) is 0 Å². The maximum Gasteiger partial charge on any atom is 0.145 e. The molecular weight excluding hydrogens is 529 g/mol. The van der Waals surface area contributed by atoms with Crippen molar-refractivity contribution < 1.29 is 0 Å². The number of nitrogens with zero attached hydrogens (tertiary/aromatic N) is 2. The molecule has 7 aromatic carbocycles. The molecule has 0 saturated carbocycles. The second-order valence-corrected chi connectivity index (χ2v) is 11.9. The van der Waals surface area contributed by atoms with Gasteiger partial charge in [-0.1, -0.05) is 97.1 Å². The second kappa shape index (κ2) is 9.13. The van der Waals surface area contributed by atoms with Crippen molar-refractivity contribution in [2.24, 2.45) is 0 Å². The van der Waals surface area contributed by atoms with Crippen molar-refractivity contribution in [1.29, 1.82) is 0 Å². The highest BCUT2D eigenvalue weighted by Gasteiger charge is 2.18. The molecule has 9 rings (SSSR count). The molecule has 0 unspecified atom stereocenters. The number of fused-ring (bicyclic) bond motifs is 7. The topological polar surface area (TPSA) is 17.8 Å². The van der Waals surface area contributed by atoms with E-state index in [1.54, 1.807) is 0 Å². The van der Waals surface area contributed by atoms with Gasteiger partial charge in [-0.2, -0.15) is 0 Å². The lowest BCUT2D eigenvalue weighted by Gasteiger charge is -2.15. The van der Waals surface area contributed by atoms with Gasteiger partial charge in [0.2, 0.25) is 0 Å². The number of imidazole rings is 1. The van der Waals surface area contributed by atoms with E-state index in [1.165, 1.54) is 52.8 Å². The van der Waals surface area contributed by atoms with E-state index < -0.39 is 0 Å². The molecule has 0 aliphatic carbocycles. The quantitative estimate of drug-likeness (QED) is 0.199. The van der Waals surface area contributed by atoms with E-state index in [-0.39, 0.29) is 0 Å². The standard InChI is InChI=1S/C39H24N2S/c1-2-10-25(11-3-1)30-14-6-8-16-35(30)41-36-17-9-7-15-34(36)40-39(41)28-20-21-37-32(23-28)33-22-27-19-18-26-12-4-5-13-29(26)31(27)24-38(33)42-37/h1-24H. The van der Waals surface area contributed by atoms with Crippen molar-refractivity contribution in [1.82, 2.24) is 9.55 Å². The van der Waals surface area contributed by atoms with Gasteiger partial charge in [0.1, 0.15) is 5.82 Å². The highest BCUT2D eigenvalue weighted by molar-refractivity contribution is 7.25. The zero-order chi connectivity index (χ0) is 27.6. The highest BCUT2D eigenvalue weighted by atomic mass is 32.1. The molecule has 0 fully saturated rings. The van der Waals surface area contributed by atoms with Crippen molar-refractivity contribution in [3.63, 3.8) is 0 Å². The summed E-state index contributed by atoms with van der Waals surface area (Å²) in [5.41, 5.74) is 6.70. The number of hydrogen-bond acceptors (Lipinski definition) is 2. The molecule has 196 valence electrons. The summed E-state index contributed by atoms with van der Waals surface area (Å²) in [5, 5.41) is 7.75. The van der Waals surface area contributed by atoms with E-state index in [0.29, 0.717) is 0 Å². The van der Waals surface area contributed by atoms with Crippen molar-refractivity contribution in [3.05, 3.63) is 146 Å². The van der Waals surface area contributed by atoms with Crippen LogP contribution in [0.5, 0.6) is 0 Å². The SMILES string of the molecule is c1ccc(-c2ccccc2-n2c(-c3ccc4sc5cc6c(ccc7ccccc76)cc5c4c3)nc3ccccc32)cc1. The Labute approximate surface area is 246 Å². The molecule has 0 radical (unpaired) electrons. The summed E-state index contributed by atoms with van der Waals surface area (Å²) in [4.78, 5) is 5.22. The van der Waals surface area contributed by atoms with Gasteiger partial charge in [0.15, 0.2) is 0 Å². The molecule has 0 N–H and O–H groups in total. The Kier molecular flexibility index (Phi) is 5.10. The Balaban J connectivity index is 1.30. The normalized spacial score (nSPS) is 11.8.